The Labute approximate surface area is 70.7 Å². The molecule has 1 aliphatic heterocycles. The van der Waals surface area contributed by atoms with Crippen molar-refractivity contribution in [1.82, 2.24) is 0 Å². The molecular formula is C10H8O2. The smallest absolute Gasteiger partial charge is 0.170 e. The van der Waals surface area contributed by atoms with Crippen molar-refractivity contribution in [2.45, 2.75) is 0 Å². The van der Waals surface area contributed by atoms with E-state index in [2.05, 4.69) is 6.58 Å². The summed E-state index contributed by atoms with van der Waals surface area (Å²) in [6, 6.07) is 7.50. The third kappa shape index (κ3) is 1.07. The van der Waals surface area contributed by atoms with E-state index < -0.39 is 0 Å². The van der Waals surface area contributed by atoms with Crippen LogP contribution in [0.4, 0.5) is 0 Å². The number of para-hydroxylation sites is 2. The van der Waals surface area contributed by atoms with Crippen LogP contribution in [-0.2, 0) is 0 Å². The van der Waals surface area contributed by atoms with E-state index in [1.165, 1.54) is 6.26 Å². The molecule has 1 aromatic carbocycles. The van der Waals surface area contributed by atoms with Crippen LogP contribution in [0.5, 0.6) is 11.5 Å². The van der Waals surface area contributed by atoms with Gasteiger partial charge in [-0.25, -0.2) is 0 Å². The first-order valence-corrected chi connectivity index (χ1v) is 3.66. The minimum Gasteiger partial charge on any atom is -0.457 e. The molecule has 0 fully saturated rings. The fraction of sp³-hybridized carbons (Fsp3) is 0. The lowest BCUT2D eigenvalue weighted by atomic mass is 10.3. The van der Waals surface area contributed by atoms with E-state index in [4.69, 9.17) is 9.47 Å². The molecule has 0 spiro atoms. The molecule has 0 N–H and O–H groups in total. The summed E-state index contributed by atoms with van der Waals surface area (Å²) >= 11 is 0. The molecule has 2 rings (SSSR count). The fourth-order valence-electron chi connectivity index (χ4n) is 0.994. The quantitative estimate of drug-likeness (QED) is 0.628. The number of allylic oxidation sites excluding steroid dienone is 1. The van der Waals surface area contributed by atoms with Crippen molar-refractivity contribution in [2.75, 3.05) is 0 Å². The Hall–Kier alpha value is -1.70. The zero-order valence-electron chi connectivity index (χ0n) is 6.49. The number of fused-ring (bicyclic) bond motifs is 1. The summed E-state index contributed by atoms with van der Waals surface area (Å²) in [6.07, 6.45) is 3.14. The van der Waals surface area contributed by atoms with Crippen LogP contribution in [0.15, 0.2) is 48.9 Å². The van der Waals surface area contributed by atoms with Gasteiger partial charge in [0.25, 0.3) is 0 Å². The van der Waals surface area contributed by atoms with E-state index >= 15 is 0 Å². The molecule has 0 saturated heterocycles. The molecule has 0 unspecified atom stereocenters. The van der Waals surface area contributed by atoms with Crippen LogP contribution in [0.25, 0.3) is 0 Å². The molecule has 0 amide bonds. The van der Waals surface area contributed by atoms with E-state index in [0.717, 1.165) is 11.5 Å². The van der Waals surface area contributed by atoms with Gasteiger partial charge in [-0.15, -0.1) is 0 Å². The van der Waals surface area contributed by atoms with Crippen LogP contribution in [0, 0.1) is 0 Å². The third-order valence-corrected chi connectivity index (χ3v) is 1.58. The highest BCUT2D eigenvalue weighted by Crippen LogP contribution is 2.31. The van der Waals surface area contributed by atoms with Crippen LogP contribution in [0.1, 0.15) is 0 Å². The molecule has 0 aromatic heterocycles. The number of benzene rings is 1. The topological polar surface area (TPSA) is 18.5 Å². The Morgan fingerprint density at radius 3 is 2.67 bits per heavy atom. The maximum absolute atomic E-state index is 5.40. The largest absolute Gasteiger partial charge is 0.457 e. The van der Waals surface area contributed by atoms with Gasteiger partial charge in [0.1, 0.15) is 6.26 Å². The van der Waals surface area contributed by atoms with E-state index in [-0.39, 0.29) is 0 Å². The fourth-order valence-corrected chi connectivity index (χ4v) is 0.994. The van der Waals surface area contributed by atoms with E-state index in [9.17, 15) is 0 Å². The Morgan fingerprint density at radius 1 is 1.17 bits per heavy atom. The van der Waals surface area contributed by atoms with Crippen molar-refractivity contribution in [2.24, 2.45) is 0 Å². The van der Waals surface area contributed by atoms with Crippen molar-refractivity contribution in [3.63, 3.8) is 0 Å². The summed E-state index contributed by atoms with van der Waals surface area (Å²) in [4.78, 5) is 0. The number of ether oxygens (including phenoxy) is 2. The third-order valence-electron chi connectivity index (χ3n) is 1.58. The molecule has 0 aliphatic carbocycles. The standard InChI is InChI=1S/C10H8O2/c1-2-8-7-11-9-5-3-4-6-10(9)12-8/h2-7H,1H2. The van der Waals surface area contributed by atoms with Crippen molar-refractivity contribution in [1.29, 1.82) is 0 Å². The summed E-state index contributed by atoms with van der Waals surface area (Å²) in [7, 11) is 0. The first kappa shape index (κ1) is 6.98. The molecule has 0 bridgehead atoms. The molecule has 12 heavy (non-hydrogen) atoms. The second-order valence-electron chi connectivity index (χ2n) is 2.39. The summed E-state index contributed by atoms with van der Waals surface area (Å²) in [5.74, 6) is 2.10. The number of hydrogen-bond donors (Lipinski definition) is 0. The monoisotopic (exact) mass is 160 g/mol. The maximum atomic E-state index is 5.40. The predicted octanol–water partition coefficient (Wildman–Crippen LogP) is 2.49. The molecule has 1 heterocycles. The predicted molar refractivity (Wildman–Crippen MR) is 46.0 cm³/mol. The minimum absolute atomic E-state index is 0.633. The first-order valence-electron chi connectivity index (χ1n) is 3.66. The molecule has 1 aromatic rings. The lowest BCUT2D eigenvalue weighted by Crippen LogP contribution is -2.01. The van der Waals surface area contributed by atoms with Gasteiger partial charge in [-0.3, -0.25) is 0 Å². The Kier molecular flexibility index (Phi) is 1.59. The lowest BCUT2D eigenvalue weighted by Gasteiger charge is -2.15. The summed E-state index contributed by atoms with van der Waals surface area (Å²) < 4.78 is 10.7. The first-order chi connectivity index (χ1) is 5.90. The Morgan fingerprint density at radius 2 is 1.92 bits per heavy atom. The van der Waals surface area contributed by atoms with Crippen molar-refractivity contribution >= 4 is 0 Å². The molecule has 2 heteroatoms. The maximum Gasteiger partial charge on any atom is 0.170 e. The van der Waals surface area contributed by atoms with Gasteiger partial charge in [0.15, 0.2) is 17.3 Å². The molecule has 0 atom stereocenters. The lowest BCUT2D eigenvalue weighted by molar-refractivity contribution is 0.338. The van der Waals surface area contributed by atoms with E-state index in [0.29, 0.717) is 5.76 Å². The highest BCUT2D eigenvalue weighted by atomic mass is 16.6. The summed E-state index contributed by atoms with van der Waals surface area (Å²) in [6.45, 7) is 3.58. The molecule has 1 aliphatic rings. The second kappa shape index (κ2) is 2.74. The van der Waals surface area contributed by atoms with Crippen molar-refractivity contribution in [3.05, 3.63) is 48.9 Å². The second-order valence-corrected chi connectivity index (χ2v) is 2.39. The van der Waals surface area contributed by atoms with Gasteiger partial charge >= 0.3 is 0 Å². The van der Waals surface area contributed by atoms with Crippen LogP contribution < -0.4 is 9.47 Å². The van der Waals surface area contributed by atoms with Crippen LogP contribution in [0.3, 0.4) is 0 Å². The van der Waals surface area contributed by atoms with Gasteiger partial charge in [-0.2, -0.15) is 0 Å². The molecule has 60 valence electrons. The van der Waals surface area contributed by atoms with Gasteiger partial charge in [0.2, 0.25) is 0 Å². The molecule has 0 radical (unpaired) electrons. The molecule has 2 nitrogen and oxygen atoms in total. The van der Waals surface area contributed by atoms with Gasteiger partial charge < -0.3 is 9.47 Å². The Balaban J connectivity index is 2.36. The summed E-state index contributed by atoms with van der Waals surface area (Å²) in [5, 5.41) is 0. The highest BCUT2D eigenvalue weighted by molar-refractivity contribution is 5.43. The van der Waals surface area contributed by atoms with Crippen molar-refractivity contribution < 1.29 is 9.47 Å². The van der Waals surface area contributed by atoms with Crippen LogP contribution in [0.2, 0.25) is 0 Å². The zero-order chi connectivity index (χ0) is 8.39. The SMILES string of the molecule is C=CC1=COc2ccccc2O1. The molecular weight excluding hydrogens is 152 g/mol. The highest BCUT2D eigenvalue weighted by Gasteiger charge is 2.09. The van der Waals surface area contributed by atoms with Crippen LogP contribution >= 0.6 is 0 Å². The Bertz CT molecular complexity index is 339. The number of rotatable bonds is 1. The zero-order valence-corrected chi connectivity index (χ0v) is 6.49. The minimum atomic E-state index is 0.633. The van der Waals surface area contributed by atoms with Crippen LogP contribution in [-0.4, -0.2) is 0 Å². The number of hydrogen-bond acceptors (Lipinski definition) is 2. The van der Waals surface area contributed by atoms with Gasteiger partial charge in [-0.05, 0) is 18.2 Å². The van der Waals surface area contributed by atoms with Gasteiger partial charge in [0.05, 0.1) is 0 Å². The van der Waals surface area contributed by atoms with Gasteiger partial charge in [0, 0.05) is 0 Å². The normalized spacial score (nSPS) is 13.5. The van der Waals surface area contributed by atoms with E-state index in [1.807, 2.05) is 24.3 Å². The molecule has 0 saturated carbocycles. The van der Waals surface area contributed by atoms with Crippen molar-refractivity contribution in [3.8, 4) is 11.5 Å². The van der Waals surface area contributed by atoms with E-state index in [1.54, 1.807) is 6.08 Å². The average Bonchev–Trinajstić information content (AvgIpc) is 2.17. The summed E-state index contributed by atoms with van der Waals surface area (Å²) in [5.41, 5.74) is 0. The average molecular weight is 160 g/mol. The van der Waals surface area contributed by atoms with Gasteiger partial charge in [-0.1, -0.05) is 18.7 Å².